The van der Waals surface area contributed by atoms with Crippen molar-refractivity contribution in [1.29, 1.82) is 0 Å². The van der Waals surface area contributed by atoms with Gasteiger partial charge in [0.05, 0.1) is 0 Å². The molecule has 1 unspecified atom stereocenters. The number of fused-ring (bicyclic) bond motifs is 1. The van der Waals surface area contributed by atoms with E-state index >= 15 is 0 Å². The molecule has 3 rings (SSSR count). The first kappa shape index (κ1) is 11.8. The van der Waals surface area contributed by atoms with Crippen LogP contribution in [0.4, 0.5) is 0 Å². The molecular formula is C18H21. The average Bonchev–Trinajstić information content (AvgIpc) is 2.82. The van der Waals surface area contributed by atoms with Gasteiger partial charge in [0.25, 0.3) is 0 Å². The van der Waals surface area contributed by atoms with E-state index in [9.17, 15) is 0 Å². The molecule has 2 aliphatic rings. The van der Waals surface area contributed by atoms with Crippen molar-refractivity contribution in [3.05, 3.63) is 59.5 Å². The minimum Gasteiger partial charge on any atom is -0.0843 e. The molecule has 2 aliphatic carbocycles. The standard InChI is InChI=1S/C18H21/c1-14-8-5-6-9-15-12-7-13-17(15)18(14)16-10-3-2-4-11-16/h2-5,8,10-11,15H,6-7,9,12-13H2,1H3/b8-5-,18-14-. The van der Waals surface area contributed by atoms with E-state index in [1.807, 2.05) is 0 Å². The third-order valence-electron chi connectivity index (χ3n) is 4.32. The SMILES string of the molecule is CC1=C(\c2ccccc2)[C]2CCCC2CC/C=C\1. The van der Waals surface area contributed by atoms with Crippen LogP contribution in [0.5, 0.6) is 0 Å². The molecule has 0 amide bonds. The lowest BCUT2D eigenvalue weighted by Gasteiger charge is -2.25. The molecule has 0 aliphatic heterocycles. The van der Waals surface area contributed by atoms with Crippen LogP contribution in [0.15, 0.2) is 48.1 Å². The minimum atomic E-state index is 0.833. The van der Waals surface area contributed by atoms with E-state index in [0.29, 0.717) is 0 Å². The predicted octanol–water partition coefficient (Wildman–Crippen LogP) is 5.18. The zero-order valence-corrected chi connectivity index (χ0v) is 11.2. The maximum atomic E-state index is 2.35. The predicted molar refractivity (Wildman–Crippen MR) is 78.0 cm³/mol. The molecule has 0 N–H and O–H groups in total. The summed E-state index contributed by atoms with van der Waals surface area (Å²) in [5.74, 6) is 2.56. The molecule has 0 heterocycles. The zero-order valence-electron chi connectivity index (χ0n) is 11.2. The van der Waals surface area contributed by atoms with E-state index in [2.05, 4.69) is 49.4 Å². The Labute approximate surface area is 110 Å². The number of hydrogen-bond donors (Lipinski definition) is 0. The van der Waals surface area contributed by atoms with Gasteiger partial charge < -0.3 is 0 Å². The Bertz CT molecular complexity index is 464. The Hall–Kier alpha value is -1.30. The molecule has 1 atom stereocenters. The van der Waals surface area contributed by atoms with Gasteiger partial charge in [0.2, 0.25) is 0 Å². The second kappa shape index (κ2) is 5.14. The highest BCUT2D eigenvalue weighted by Gasteiger charge is 2.32. The largest absolute Gasteiger partial charge is 0.0843 e. The van der Waals surface area contributed by atoms with Gasteiger partial charge >= 0.3 is 0 Å². The van der Waals surface area contributed by atoms with Crippen molar-refractivity contribution >= 4 is 5.57 Å². The fourth-order valence-corrected chi connectivity index (χ4v) is 3.48. The highest BCUT2D eigenvalue weighted by Crippen LogP contribution is 2.47. The van der Waals surface area contributed by atoms with Gasteiger partial charge in [0, 0.05) is 5.92 Å². The summed E-state index contributed by atoms with van der Waals surface area (Å²) in [4.78, 5) is 0. The van der Waals surface area contributed by atoms with Crippen LogP contribution in [0.2, 0.25) is 0 Å². The van der Waals surface area contributed by atoms with Crippen molar-refractivity contribution in [1.82, 2.24) is 0 Å². The first-order valence-electron chi connectivity index (χ1n) is 7.15. The van der Waals surface area contributed by atoms with Gasteiger partial charge in [-0.3, -0.25) is 0 Å². The van der Waals surface area contributed by atoms with E-state index in [1.54, 1.807) is 5.92 Å². The van der Waals surface area contributed by atoms with Crippen LogP contribution in [-0.2, 0) is 0 Å². The van der Waals surface area contributed by atoms with Gasteiger partial charge in [-0.2, -0.15) is 0 Å². The van der Waals surface area contributed by atoms with Gasteiger partial charge in [-0.05, 0) is 55.2 Å². The lowest BCUT2D eigenvalue weighted by atomic mass is 9.79. The minimum absolute atomic E-state index is 0.833. The second-order valence-electron chi connectivity index (χ2n) is 5.52. The van der Waals surface area contributed by atoms with Crippen LogP contribution in [0, 0.1) is 11.8 Å². The zero-order chi connectivity index (χ0) is 12.4. The van der Waals surface area contributed by atoms with Crippen molar-refractivity contribution in [2.75, 3.05) is 0 Å². The lowest BCUT2D eigenvalue weighted by Crippen LogP contribution is -2.10. The van der Waals surface area contributed by atoms with Gasteiger partial charge in [-0.1, -0.05) is 48.9 Å². The summed E-state index contributed by atoms with van der Waals surface area (Å²) in [6.07, 6.45) is 11.3. The smallest absolute Gasteiger partial charge is 0.00896 e. The van der Waals surface area contributed by atoms with Crippen LogP contribution in [0.25, 0.3) is 5.57 Å². The molecule has 1 saturated carbocycles. The summed E-state index contributed by atoms with van der Waals surface area (Å²) in [6.45, 7) is 2.27. The Kier molecular flexibility index (Phi) is 3.36. The fourth-order valence-electron chi connectivity index (χ4n) is 3.48. The van der Waals surface area contributed by atoms with Crippen LogP contribution in [0.3, 0.4) is 0 Å². The Morgan fingerprint density at radius 2 is 1.89 bits per heavy atom. The second-order valence-corrected chi connectivity index (χ2v) is 5.52. The number of benzene rings is 1. The Morgan fingerprint density at radius 3 is 2.72 bits per heavy atom. The fraction of sp³-hybridized carbons (Fsp3) is 0.389. The third-order valence-corrected chi connectivity index (χ3v) is 4.32. The van der Waals surface area contributed by atoms with Gasteiger partial charge in [0.1, 0.15) is 0 Å². The quantitative estimate of drug-likeness (QED) is 0.631. The van der Waals surface area contributed by atoms with E-state index in [4.69, 9.17) is 0 Å². The van der Waals surface area contributed by atoms with Gasteiger partial charge in [-0.15, -0.1) is 0 Å². The first-order valence-corrected chi connectivity index (χ1v) is 7.15. The van der Waals surface area contributed by atoms with Crippen LogP contribution in [0.1, 0.15) is 44.6 Å². The van der Waals surface area contributed by atoms with Crippen molar-refractivity contribution in [2.45, 2.75) is 39.0 Å². The Morgan fingerprint density at radius 1 is 1.06 bits per heavy atom. The average molecular weight is 237 g/mol. The van der Waals surface area contributed by atoms with Crippen LogP contribution >= 0.6 is 0 Å². The molecule has 0 nitrogen and oxygen atoms in total. The number of allylic oxidation sites excluding steroid dienone is 4. The summed E-state index contributed by atoms with van der Waals surface area (Å²) in [7, 11) is 0. The molecule has 0 bridgehead atoms. The maximum absolute atomic E-state index is 2.35. The number of hydrogen-bond acceptors (Lipinski definition) is 0. The van der Waals surface area contributed by atoms with Gasteiger partial charge in [-0.25, -0.2) is 0 Å². The molecule has 1 fully saturated rings. The lowest BCUT2D eigenvalue weighted by molar-refractivity contribution is 0.552. The molecule has 1 aromatic carbocycles. The highest BCUT2D eigenvalue weighted by molar-refractivity contribution is 5.80. The van der Waals surface area contributed by atoms with E-state index in [-0.39, 0.29) is 0 Å². The van der Waals surface area contributed by atoms with Gasteiger partial charge in [0.15, 0.2) is 0 Å². The summed E-state index contributed by atoms with van der Waals surface area (Å²) >= 11 is 0. The highest BCUT2D eigenvalue weighted by atomic mass is 14.4. The molecule has 0 spiro atoms. The number of rotatable bonds is 1. The third kappa shape index (κ3) is 2.16. The normalized spacial score (nSPS) is 30.6. The molecular weight excluding hydrogens is 216 g/mol. The summed E-state index contributed by atoms with van der Waals surface area (Å²) in [5, 5.41) is 0. The summed E-state index contributed by atoms with van der Waals surface area (Å²) in [6, 6.07) is 10.9. The topological polar surface area (TPSA) is 0 Å². The summed E-state index contributed by atoms with van der Waals surface area (Å²) in [5.41, 5.74) is 4.39. The molecule has 18 heavy (non-hydrogen) atoms. The molecule has 1 aromatic rings. The Balaban J connectivity index is 2.07. The van der Waals surface area contributed by atoms with Crippen molar-refractivity contribution < 1.29 is 0 Å². The molecule has 1 radical (unpaired) electrons. The van der Waals surface area contributed by atoms with Crippen molar-refractivity contribution in [3.63, 3.8) is 0 Å². The van der Waals surface area contributed by atoms with Crippen LogP contribution < -0.4 is 0 Å². The van der Waals surface area contributed by atoms with Crippen molar-refractivity contribution in [2.24, 2.45) is 5.92 Å². The monoisotopic (exact) mass is 237 g/mol. The molecule has 93 valence electrons. The van der Waals surface area contributed by atoms with Crippen molar-refractivity contribution in [3.8, 4) is 0 Å². The summed E-state index contributed by atoms with van der Waals surface area (Å²) < 4.78 is 0. The first-order chi connectivity index (χ1) is 8.86. The molecule has 0 saturated heterocycles. The maximum Gasteiger partial charge on any atom is 0.00896 e. The van der Waals surface area contributed by atoms with E-state index in [1.165, 1.54) is 48.8 Å². The van der Waals surface area contributed by atoms with E-state index < -0.39 is 0 Å². The van der Waals surface area contributed by atoms with E-state index in [0.717, 1.165) is 5.92 Å². The molecule has 0 heteroatoms. The van der Waals surface area contributed by atoms with Crippen LogP contribution in [-0.4, -0.2) is 0 Å². The molecule has 0 aromatic heterocycles.